The summed E-state index contributed by atoms with van der Waals surface area (Å²) in [6.07, 6.45) is 3.19. The molecule has 1 saturated heterocycles. The van der Waals surface area contributed by atoms with Gasteiger partial charge >= 0.3 is 0 Å². The van der Waals surface area contributed by atoms with Crippen LogP contribution in [0.15, 0.2) is 77.9 Å². The number of rotatable bonds is 4. The van der Waals surface area contributed by atoms with Gasteiger partial charge in [0.2, 0.25) is 0 Å². The number of carbonyl (C=O) groups is 1. The highest BCUT2D eigenvalue weighted by Crippen LogP contribution is 2.30. The summed E-state index contributed by atoms with van der Waals surface area (Å²) in [5, 5.41) is 10.8. The van der Waals surface area contributed by atoms with Gasteiger partial charge in [-0.3, -0.25) is 14.6 Å². The fourth-order valence-corrected chi connectivity index (χ4v) is 4.56. The highest BCUT2D eigenvalue weighted by Gasteiger charge is 2.27. The maximum absolute atomic E-state index is 13.5. The molecule has 0 N–H and O–H groups in total. The standard InChI is InChI=1S/C27H22FN5O2/c28-21-7-5-19(6-8-21)18-33-24-4-2-1-3-22(24)25(23(17-29)27(33)35)31-13-15-32(16-14-31)26(34)20-9-11-30-12-10-20/h1-12H,13-16,18H2. The number of piperazine rings is 1. The van der Waals surface area contributed by atoms with Crippen LogP contribution in [0.4, 0.5) is 10.1 Å². The van der Waals surface area contributed by atoms with Crippen molar-refractivity contribution in [3.05, 3.63) is 106 Å². The first-order valence-corrected chi connectivity index (χ1v) is 11.3. The summed E-state index contributed by atoms with van der Waals surface area (Å²) in [4.78, 5) is 34.0. The van der Waals surface area contributed by atoms with E-state index in [1.54, 1.807) is 46.1 Å². The Bertz CT molecular complexity index is 1480. The molecule has 0 spiro atoms. The highest BCUT2D eigenvalue weighted by molar-refractivity contribution is 5.96. The van der Waals surface area contributed by atoms with Crippen LogP contribution in [0.5, 0.6) is 0 Å². The lowest BCUT2D eigenvalue weighted by Gasteiger charge is -2.37. The van der Waals surface area contributed by atoms with Crippen molar-refractivity contribution < 1.29 is 9.18 Å². The number of amides is 1. The van der Waals surface area contributed by atoms with Crippen molar-refractivity contribution >= 4 is 22.5 Å². The van der Waals surface area contributed by atoms with E-state index in [1.165, 1.54) is 12.1 Å². The maximum atomic E-state index is 13.5. The SMILES string of the molecule is N#Cc1c(N2CCN(C(=O)c3ccncc3)CC2)c2ccccc2n(Cc2ccc(F)cc2)c1=O. The molecule has 0 unspecified atom stereocenters. The van der Waals surface area contributed by atoms with Crippen LogP contribution in [0.3, 0.4) is 0 Å². The Morgan fingerprint density at radius 1 is 0.971 bits per heavy atom. The number of fused-ring (bicyclic) bond motifs is 1. The van der Waals surface area contributed by atoms with Crippen LogP contribution in [0.25, 0.3) is 10.9 Å². The summed E-state index contributed by atoms with van der Waals surface area (Å²) >= 11 is 0. The van der Waals surface area contributed by atoms with Gasteiger partial charge in [0, 0.05) is 49.5 Å². The molecule has 5 rings (SSSR count). The molecule has 0 radical (unpaired) electrons. The van der Waals surface area contributed by atoms with Crippen LogP contribution in [-0.2, 0) is 6.54 Å². The highest BCUT2D eigenvalue weighted by atomic mass is 19.1. The molecule has 2 aromatic carbocycles. The lowest BCUT2D eigenvalue weighted by Crippen LogP contribution is -2.49. The van der Waals surface area contributed by atoms with Gasteiger partial charge in [-0.2, -0.15) is 5.26 Å². The molecule has 3 heterocycles. The van der Waals surface area contributed by atoms with Crippen molar-refractivity contribution in [1.29, 1.82) is 5.26 Å². The smallest absolute Gasteiger partial charge is 0.271 e. The van der Waals surface area contributed by atoms with Crippen molar-refractivity contribution in [3.8, 4) is 6.07 Å². The predicted octanol–water partition coefficient (Wildman–Crippen LogP) is 3.42. The Balaban J connectivity index is 1.50. The van der Waals surface area contributed by atoms with Gasteiger partial charge in [0.25, 0.3) is 11.5 Å². The zero-order chi connectivity index (χ0) is 24.4. The van der Waals surface area contributed by atoms with E-state index >= 15 is 0 Å². The number of nitrogens with zero attached hydrogens (tertiary/aromatic N) is 5. The minimum absolute atomic E-state index is 0.0628. The molecule has 0 aliphatic carbocycles. The number of carbonyl (C=O) groups excluding carboxylic acids is 1. The molecule has 1 aliphatic heterocycles. The quantitative estimate of drug-likeness (QED) is 0.459. The third kappa shape index (κ3) is 4.24. The van der Waals surface area contributed by atoms with Crippen LogP contribution in [0.1, 0.15) is 21.5 Å². The normalized spacial score (nSPS) is 13.6. The number of nitriles is 1. The Kier molecular flexibility index (Phi) is 5.98. The zero-order valence-electron chi connectivity index (χ0n) is 18.9. The molecule has 35 heavy (non-hydrogen) atoms. The second-order valence-corrected chi connectivity index (χ2v) is 8.39. The molecule has 0 atom stereocenters. The lowest BCUT2D eigenvalue weighted by molar-refractivity contribution is 0.0746. The number of halogens is 1. The van der Waals surface area contributed by atoms with Crippen molar-refractivity contribution in [2.75, 3.05) is 31.1 Å². The fourth-order valence-electron chi connectivity index (χ4n) is 4.56. The summed E-state index contributed by atoms with van der Waals surface area (Å²) in [6.45, 7) is 2.16. The Hall–Kier alpha value is -4.51. The van der Waals surface area contributed by atoms with Gasteiger partial charge in [-0.1, -0.05) is 30.3 Å². The van der Waals surface area contributed by atoms with Gasteiger partial charge < -0.3 is 14.4 Å². The van der Waals surface area contributed by atoms with Crippen LogP contribution < -0.4 is 10.5 Å². The average Bonchev–Trinajstić information content (AvgIpc) is 2.91. The van der Waals surface area contributed by atoms with Gasteiger partial charge in [0.15, 0.2) is 0 Å². The summed E-state index contributed by atoms with van der Waals surface area (Å²) in [5.74, 6) is -0.410. The number of para-hydroxylation sites is 1. The number of pyridine rings is 2. The molecule has 2 aromatic heterocycles. The maximum Gasteiger partial charge on any atom is 0.271 e. The third-order valence-corrected chi connectivity index (χ3v) is 6.32. The molecule has 0 saturated carbocycles. The van der Waals surface area contributed by atoms with Crippen molar-refractivity contribution in [2.24, 2.45) is 0 Å². The molecule has 1 fully saturated rings. The second kappa shape index (κ2) is 9.39. The Morgan fingerprint density at radius 3 is 2.34 bits per heavy atom. The summed E-state index contributed by atoms with van der Waals surface area (Å²) < 4.78 is 14.9. The lowest BCUT2D eigenvalue weighted by atomic mass is 10.1. The molecule has 4 aromatic rings. The van der Waals surface area contributed by atoms with E-state index in [9.17, 15) is 19.2 Å². The third-order valence-electron chi connectivity index (χ3n) is 6.32. The van der Waals surface area contributed by atoms with Crippen LogP contribution in [0.2, 0.25) is 0 Å². The molecule has 8 heteroatoms. The molecule has 1 aliphatic rings. The summed E-state index contributed by atoms with van der Waals surface area (Å²) in [5.41, 5.74) is 2.32. The fraction of sp³-hybridized carbons (Fsp3) is 0.185. The van der Waals surface area contributed by atoms with E-state index in [4.69, 9.17) is 0 Å². The van der Waals surface area contributed by atoms with E-state index in [1.807, 2.05) is 29.2 Å². The van der Waals surface area contributed by atoms with Gasteiger partial charge in [-0.25, -0.2) is 4.39 Å². The van der Waals surface area contributed by atoms with Gasteiger partial charge in [-0.15, -0.1) is 0 Å². The van der Waals surface area contributed by atoms with E-state index in [0.717, 1.165) is 10.9 Å². The van der Waals surface area contributed by atoms with E-state index in [-0.39, 0.29) is 29.4 Å². The number of benzene rings is 2. The summed E-state index contributed by atoms with van der Waals surface area (Å²) in [6, 6.07) is 19.0. The van der Waals surface area contributed by atoms with Gasteiger partial charge in [0.1, 0.15) is 17.4 Å². The molecular formula is C27H22FN5O2. The number of anilines is 1. The first-order chi connectivity index (χ1) is 17.1. The average molecular weight is 468 g/mol. The summed E-state index contributed by atoms with van der Waals surface area (Å²) in [7, 11) is 0. The zero-order valence-corrected chi connectivity index (χ0v) is 18.9. The number of hydrogen-bond acceptors (Lipinski definition) is 5. The monoisotopic (exact) mass is 467 g/mol. The van der Waals surface area contributed by atoms with Crippen molar-refractivity contribution in [3.63, 3.8) is 0 Å². The number of aromatic nitrogens is 2. The molecule has 174 valence electrons. The van der Waals surface area contributed by atoms with E-state index in [2.05, 4.69) is 11.1 Å². The van der Waals surface area contributed by atoms with Crippen LogP contribution >= 0.6 is 0 Å². The Morgan fingerprint density at radius 2 is 1.66 bits per heavy atom. The molecule has 7 nitrogen and oxygen atoms in total. The molecular weight excluding hydrogens is 445 g/mol. The van der Waals surface area contributed by atoms with Crippen molar-refractivity contribution in [1.82, 2.24) is 14.5 Å². The minimum Gasteiger partial charge on any atom is -0.366 e. The van der Waals surface area contributed by atoms with Gasteiger partial charge in [0.05, 0.1) is 17.7 Å². The number of hydrogen-bond donors (Lipinski definition) is 0. The van der Waals surface area contributed by atoms with E-state index < -0.39 is 0 Å². The topological polar surface area (TPSA) is 82.2 Å². The molecule has 0 bridgehead atoms. The van der Waals surface area contributed by atoms with E-state index in [0.29, 0.717) is 42.9 Å². The predicted molar refractivity (Wildman–Crippen MR) is 131 cm³/mol. The largest absolute Gasteiger partial charge is 0.366 e. The van der Waals surface area contributed by atoms with Crippen LogP contribution in [0, 0.1) is 17.1 Å². The first-order valence-electron chi connectivity index (χ1n) is 11.3. The first kappa shape index (κ1) is 22.3. The Labute approximate surface area is 201 Å². The van der Waals surface area contributed by atoms with Crippen molar-refractivity contribution in [2.45, 2.75) is 6.54 Å². The molecule has 1 amide bonds. The van der Waals surface area contributed by atoms with Gasteiger partial charge in [-0.05, 0) is 35.9 Å². The van der Waals surface area contributed by atoms with Crippen LogP contribution in [-0.4, -0.2) is 46.5 Å². The second-order valence-electron chi connectivity index (χ2n) is 8.39. The minimum atomic E-state index is -0.388.